The molecule has 1 amide bonds. The van der Waals surface area contributed by atoms with Gasteiger partial charge >= 0.3 is 84.2 Å². The molecule has 122 heavy (non-hydrogen) atoms. The van der Waals surface area contributed by atoms with Crippen LogP contribution in [0, 0.1) is 0 Å². The zero-order valence-electron chi connectivity index (χ0n) is 69.9. The van der Waals surface area contributed by atoms with Crippen LogP contribution in [0.25, 0.3) is 17.1 Å². The Labute approximate surface area is 741 Å². The number of rotatable bonds is 20. The van der Waals surface area contributed by atoms with Gasteiger partial charge < -0.3 is 77.7 Å². The largest absolute Gasteiger partial charge is 1.00 e. The zero-order valence-corrected chi connectivity index (χ0v) is 70.9. The summed E-state index contributed by atoms with van der Waals surface area (Å²) in [6.45, 7) is 8.00. The third kappa shape index (κ3) is 38.5. The van der Waals surface area contributed by atoms with Gasteiger partial charge in [-0.2, -0.15) is 0 Å². The molecule has 11 N–H and O–H groups in total. The van der Waals surface area contributed by atoms with Crippen molar-refractivity contribution in [2.24, 2.45) is 0 Å². The number of carboxylic acid groups (broad SMARTS) is 1. The molecule has 0 bridgehead atoms. The van der Waals surface area contributed by atoms with Gasteiger partial charge in [0.15, 0.2) is 0 Å². The SMILES string of the molecule is C.CC.CC.CO/C=C/C=C(C(=O)OC)C(=O)OC.COC(=O)C(=C/C=C/Nc1ccccc1)C(=O)OC.COC(=O)c1cccn(-c2ccccc2)c1=O.COO.Nc1cc(Oc2ccc(NC(=O)c3cccn(-c4ccccc4)c3=O)cc2)ccn1.Nc1ccc(Oc2ccnc(N)c2)cc1.O=C(O)c1cccn(-c2ccccc2)c1=O.[H-].[Li+].[Na+].[OH-]. The number of pyridine rings is 5. The smallest absolute Gasteiger partial charge is 1.00 e. The summed E-state index contributed by atoms with van der Waals surface area (Å²) < 4.78 is 42.3. The van der Waals surface area contributed by atoms with E-state index >= 15 is 0 Å². The molecule has 0 fully saturated rings. The normalized spacial score (nSPS) is 9.31. The molecule has 5 aromatic heterocycles. The van der Waals surface area contributed by atoms with Crippen LogP contribution in [0.1, 0.15) is 67.6 Å². The number of aromatic nitrogens is 5. The first-order valence-corrected chi connectivity index (χ1v) is 35.3. The van der Waals surface area contributed by atoms with E-state index in [9.17, 15) is 47.9 Å². The molecule has 0 unspecified atom stereocenters. The molecule has 0 radical (unpaired) electrons. The molecule has 0 saturated heterocycles. The Hall–Kier alpha value is -14.2. The maximum absolute atomic E-state index is 12.8. The van der Waals surface area contributed by atoms with Crippen LogP contribution in [0.3, 0.4) is 0 Å². The molecule has 634 valence electrons. The van der Waals surface area contributed by atoms with Crippen molar-refractivity contribution in [3.05, 3.63) is 357 Å². The number of esters is 5. The van der Waals surface area contributed by atoms with Crippen molar-refractivity contribution < 1.29 is 142 Å². The van der Waals surface area contributed by atoms with Crippen LogP contribution in [-0.4, -0.2) is 131 Å². The van der Waals surface area contributed by atoms with Crippen molar-refractivity contribution >= 4 is 70.4 Å². The summed E-state index contributed by atoms with van der Waals surface area (Å²) in [4.78, 5) is 127. The van der Waals surface area contributed by atoms with Crippen LogP contribution in [0.15, 0.2) is 324 Å². The molecule has 0 spiro atoms. The second-order valence-electron chi connectivity index (χ2n) is 21.9. The van der Waals surface area contributed by atoms with E-state index in [1.807, 2.05) is 100 Å². The second-order valence-corrected chi connectivity index (χ2v) is 21.9. The number of ether oxygens (including phenoxy) is 8. The fourth-order valence-corrected chi connectivity index (χ4v) is 8.97. The molecule has 0 aliphatic heterocycles. The number of para-hydroxylation sites is 4. The third-order valence-corrected chi connectivity index (χ3v) is 14.3. The average molecular weight is 1680 g/mol. The summed E-state index contributed by atoms with van der Waals surface area (Å²) in [6, 6.07) is 66.3. The van der Waals surface area contributed by atoms with E-state index in [0.29, 0.717) is 57.3 Å². The number of nitrogens with one attached hydrogen (secondary N) is 2. The summed E-state index contributed by atoms with van der Waals surface area (Å²) >= 11 is 0. The van der Waals surface area contributed by atoms with E-state index in [0.717, 1.165) is 11.4 Å². The van der Waals surface area contributed by atoms with E-state index < -0.39 is 52.8 Å². The Morgan fingerprint density at radius 2 is 0.779 bits per heavy atom. The van der Waals surface area contributed by atoms with E-state index in [1.165, 1.54) is 118 Å². The van der Waals surface area contributed by atoms with E-state index in [1.54, 1.807) is 171 Å². The fourth-order valence-electron chi connectivity index (χ4n) is 8.97. The first kappa shape index (κ1) is 110. The van der Waals surface area contributed by atoms with Crippen molar-refractivity contribution in [3.63, 3.8) is 0 Å². The van der Waals surface area contributed by atoms with Crippen LogP contribution in [0.4, 0.5) is 28.7 Å². The number of amides is 1. The molecule has 11 aromatic rings. The monoisotopic (exact) mass is 1680 g/mol. The van der Waals surface area contributed by atoms with Crippen molar-refractivity contribution in [3.8, 4) is 40.1 Å². The van der Waals surface area contributed by atoms with Gasteiger partial charge in [-0.25, -0.2) is 43.6 Å². The zero-order chi connectivity index (χ0) is 87.2. The quantitative estimate of drug-likeness (QED) is 0.00324. The van der Waals surface area contributed by atoms with Crippen LogP contribution >= 0.6 is 0 Å². The van der Waals surface area contributed by atoms with Gasteiger partial charge in [-0.3, -0.25) is 38.1 Å². The van der Waals surface area contributed by atoms with Crippen molar-refractivity contribution in [1.82, 2.24) is 23.7 Å². The Morgan fingerprint density at radius 1 is 0.434 bits per heavy atom. The van der Waals surface area contributed by atoms with Crippen molar-refractivity contribution in [2.45, 2.75) is 35.1 Å². The topological polar surface area (TPSA) is 467 Å². The maximum atomic E-state index is 12.8. The Balaban J connectivity index is -0.00000140. The number of carbonyl (C=O) groups excluding carboxylic acids is 6. The minimum atomic E-state index is -1.21. The summed E-state index contributed by atoms with van der Waals surface area (Å²) in [5.74, 6) is -2.00. The number of carboxylic acids is 1. The van der Waals surface area contributed by atoms with Crippen LogP contribution < -0.4 is 102 Å². The number of carbonyl (C=O) groups is 7. The molecule has 34 heteroatoms. The molecule has 0 aliphatic carbocycles. The third-order valence-electron chi connectivity index (χ3n) is 14.3. The average Bonchev–Trinajstić information content (AvgIpc) is 0.827. The summed E-state index contributed by atoms with van der Waals surface area (Å²) in [7, 11) is 8.64. The van der Waals surface area contributed by atoms with E-state index in [2.05, 4.69) is 53.9 Å². The van der Waals surface area contributed by atoms with Gasteiger partial charge in [-0.05, 0) is 170 Å². The van der Waals surface area contributed by atoms with Crippen LogP contribution in [0.5, 0.6) is 23.0 Å². The van der Waals surface area contributed by atoms with Gasteiger partial charge in [0.2, 0.25) is 0 Å². The Bertz CT molecular complexity index is 5250. The fraction of sp³-hybridized carbons (Fsp3) is 0.136. The number of nitrogens with two attached hydrogens (primary N) is 3. The molecule has 6 aromatic carbocycles. The number of anilines is 5. The molecule has 32 nitrogen and oxygen atoms in total. The number of nitrogens with zero attached hydrogens (tertiary/aromatic N) is 5. The predicted octanol–water partition coefficient (Wildman–Crippen LogP) is 8.10. The van der Waals surface area contributed by atoms with Crippen LogP contribution in [-0.2, 0) is 52.5 Å². The molecule has 0 atom stereocenters. The number of allylic oxidation sites excluding steroid dienone is 4. The Morgan fingerprint density at radius 3 is 1.14 bits per heavy atom. The number of methoxy groups -OCH3 is 6. The number of benzene rings is 6. The summed E-state index contributed by atoms with van der Waals surface area (Å²) in [5.41, 5.74) is 19.1. The summed E-state index contributed by atoms with van der Waals surface area (Å²) in [6.07, 6.45) is 16.4. The summed E-state index contributed by atoms with van der Waals surface area (Å²) in [5, 5.41) is 21.6. The molecular formula is C88H98LiN10NaO22. The number of nitrogen functional groups attached to an aromatic ring is 3. The standard InChI is InChI=1S/C23H18N4O3.C14H15NO4.C13H11NO3.C12H9NO3.C11H11N3O.C9H12O5.2C2H6.CH4O2.CH4.Li.Na.H2O.H/c24-21-15-19(12-13-25-21)30-18-10-8-16(9-11-18)26-22(28)20-7-4-14-27(23(20)29)17-5-2-1-3-6-17;1-18-13(16)12(14(17)19-2)9-6-10-15-11-7-4-3-5-8-11;1-17-13(16)11-8-5-9-14(12(11)15)10-6-3-2-4-7-10;14-11-10(12(15)16)7-4-8-13(11)9-5-2-1-3-6-9;12-8-1-3-9(4-2-8)15-10-5-6-14-11(13)7-10;1-12-6-4-5-7(8(10)13-2)9(11)14-3;2*1-2;1-3-2;;;;;/h1-15H,(H2,24,25)(H,26,28);3-10,15H,1-2H3;2-9H,1H3;1-8H,(H,15,16);1-7H,12H2,(H2,13,14);4-6H,1-3H3;2*1-2H3;2H,1H3;1H4;;;1H2;/q;;;;;;;;;;2*+1;;-1/p-1/b;10-6+;;;;6-4+;;;;;;;;. The molecular weight excluding hydrogens is 1580 g/mol. The van der Waals surface area contributed by atoms with Gasteiger partial charge in [-0.15, -0.1) is 0 Å². The van der Waals surface area contributed by atoms with Gasteiger partial charge in [-0.1, -0.05) is 108 Å². The van der Waals surface area contributed by atoms with Gasteiger partial charge in [0.1, 0.15) is 62.5 Å². The van der Waals surface area contributed by atoms with E-state index in [-0.39, 0.29) is 96.1 Å². The second kappa shape index (κ2) is 63.0. The minimum Gasteiger partial charge on any atom is -1.00 e. The first-order valence-electron chi connectivity index (χ1n) is 35.3. The molecule has 0 aliphatic rings. The molecule has 5 heterocycles. The molecule has 11 rings (SSSR count). The predicted molar refractivity (Wildman–Crippen MR) is 459 cm³/mol. The van der Waals surface area contributed by atoms with Crippen molar-refractivity contribution in [2.75, 3.05) is 77.6 Å². The minimum absolute atomic E-state index is 0. The number of hydrogen-bond donors (Lipinski definition) is 7. The van der Waals surface area contributed by atoms with Crippen LogP contribution in [0.2, 0.25) is 0 Å². The Kier molecular flexibility index (Phi) is 56.7. The van der Waals surface area contributed by atoms with Crippen molar-refractivity contribution in [1.29, 1.82) is 0 Å². The first-order chi connectivity index (χ1) is 57.0. The maximum Gasteiger partial charge on any atom is 1.00 e. The number of aromatic carboxylic acids is 1. The van der Waals surface area contributed by atoms with Gasteiger partial charge in [0.05, 0.1) is 56.0 Å². The number of hydrogen-bond acceptors (Lipinski definition) is 27. The van der Waals surface area contributed by atoms with E-state index in [4.69, 9.17) is 37.0 Å². The van der Waals surface area contributed by atoms with Gasteiger partial charge in [0, 0.05) is 83.4 Å². The van der Waals surface area contributed by atoms with Gasteiger partial charge in [0.25, 0.3) is 22.6 Å². The molecule has 0 saturated carbocycles.